The molecule has 0 radical (unpaired) electrons. The van der Waals surface area contributed by atoms with Gasteiger partial charge in [-0.15, -0.1) is 0 Å². The lowest BCUT2D eigenvalue weighted by molar-refractivity contribution is -0.113. The summed E-state index contributed by atoms with van der Waals surface area (Å²) in [7, 11) is 0. The molecule has 1 amide bonds. The van der Waals surface area contributed by atoms with Crippen molar-refractivity contribution in [2.24, 2.45) is 0 Å². The van der Waals surface area contributed by atoms with E-state index in [9.17, 15) is 9.18 Å². The monoisotopic (exact) mass is 350 g/mol. The van der Waals surface area contributed by atoms with E-state index < -0.39 is 5.82 Å². The molecule has 1 saturated heterocycles. The fourth-order valence-electron chi connectivity index (χ4n) is 1.93. The van der Waals surface area contributed by atoms with Crippen molar-refractivity contribution >= 4 is 57.6 Å². The first-order valence-electron chi connectivity index (χ1n) is 6.19. The van der Waals surface area contributed by atoms with E-state index in [0.717, 1.165) is 5.56 Å². The fourth-order valence-corrected chi connectivity index (χ4v) is 3.40. The van der Waals surface area contributed by atoms with Crippen LogP contribution in [0.5, 0.6) is 0 Å². The number of carbonyl (C=O) groups is 1. The average molecular weight is 351 g/mol. The molecule has 0 atom stereocenters. The number of thiocarbonyl (C=S) groups is 1. The van der Waals surface area contributed by atoms with Crippen LogP contribution in [-0.4, -0.2) is 15.2 Å². The van der Waals surface area contributed by atoms with E-state index in [-0.39, 0.29) is 10.9 Å². The van der Waals surface area contributed by atoms with Crippen molar-refractivity contribution in [3.63, 3.8) is 0 Å². The number of aromatic nitrogens is 1. The van der Waals surface area contributed by atoms with Crippen LogP contribution in [0.2, 0.25) is 5.02 Å². The van der Waals surface area contributed by atoms with Crippen LogP contribution < -0.4 is 4.90 Å². The first kappa shape index (κ1) is 15.1. The molecule has 7 heteroatoms. The van der Waals surface area contributed by atoms with Crippen molar-refractivity contribution in [3.05, 3.63) is 64.0 Å². The van der Waals surface area contributed by atoms with Gasteiger partial charge in [0.05, 0.1) is 15.6 Å². The van der Waals surface area contributed by atoms with Crippen molar-refractivity contribution in [2.75, 3.05) is 4.90 Å². The van der Waals surface area contributed by atoms with Gasteiger partial charge in [-0.3, -0.25) is 14.7 Å². The van der Waals surface area contributed by atoms with Gasteiger partial charge in [-0.05, 0) is 35.9 Å². The zero-order chi connectivity index (χ0) is 15.7. The molecule has 3 nitrogen and oxygen atoms in total. The van der Waals surface area contributed by atoms with Gasteiger partial charge in [-0.2, -0.15) is 0 Å². The summed E-state index contributed by atoms with van der Waals surface area (Å²) in [6.45, 7) is 0. The van der Waals surface area contributed by atoms with E-state index in [1.807, 2.05) is 6.07 Å². The number of anilines is 1. The summed E-state index contributed by atoms with van der Waals surface area (Å²) in [5.74, 6) is -0.803. The smallest absolute Gasteiger partial charge is 0.268 e. The second-order valence-electron chi connectivity index (χ2n) is 4.40. The van der Waals surface area contributed by atoms with Gasteiger partial charge >= 0.3 is 0 Å². The second-order valence-corrected chi connectivity index (χ2v) is 6.48. The summed E-state index contributed by atoms with van der Waals surface area (Å²) in [6.07, 6.45) is 5.03. The van der Waals surface area contributed by atoms with Crippen LogP contribution in [-0.2, 0) is 4.79 Å². The summed E-state index contributed by atoms with van der Waals surface area (Å²) >= 11 is 12.2. The molecule has 0 aliphatic carbocycles. The number of amides is 1. The second kappa shape index (κ2) is 6.16. The topological polar surface area (TPSA) is 33.2 Å². The highest BCUT2D eigenvalue weighted by atomic mass is 35.5. The molecule has 1 fully saturated rings. The lowest BCUT2D eigenvalue weighted by atomic mass is 10.2. The van der Waals surface area contributed by atoms with Crippen LogP contribution >= 0.6 is 35.6 Å². The molecule has 3 rings (SSSR count). The SMILES string of the molecule is O=C1C(=Cc2cccnc2)SC(=S)N1c1ccc(F)c(Cl)c1. The highest BCUT2D eigenvalue weighted by molar-refractivity contribution is 8.27. The Morgan fingerprint density at radius 3 is 2.86 bits per heavy atom. The fraction of sp³-hybridized carbons (Fsp3) is 0. The number of rotatable bonds is 2. The molecule has 22 heavy (non-hydrogen) atoms. The highest BCUT2D eigenvalue weighted by Crippen LogP contribution is 2.36. The first-order valence-corrected chi connectivity index (χ1v) is 7.79. The molecule has 0 unspecified atom stereocenters. The van der Waals surface area contributed by atoms with Gasteiger partial charge in [-0.25, -0.2) is 4.39 Å². The highest BCUT2D eigenvalue weighted by Gasteiger charge is 2.33. The minimum atomic E-state index is -0.540. The summed E-state index contributed by atoms with van der Waals surface area (Å²) < 4.78 is 13.6. The number of hydrogen-bond acceptors (Lipinski definition) is 4. The molecular formula is C15H8ClFN2OS2. The van der Waals surface area contributed by atoms with Gasteiger partial charge in [0.15, 0.2) is 4.32 Å². The van der Waals surface area contributed by atoms with Gasteiger partial charge in [-0.1, -0.05) is 41.6 Å². The van der Waals surface area contributed by atoms with Gasteiger partial charge < -0.3 is 0 Å². The Bertz CT molecular complexity index is 795. The standard InChI is InChI=1S/C15H8ClFN2OS2/c16-11-7-10(3-4-12(11)17)19-14(20)13(22-15(19)21)6-9-2-1-5-18-8-9/h1-8H. The van der Waals surface area contributed by atoms with Crippen molar-refractivity contribution in [1.29, 1.82) is 0 Å². The largest absolute Gasteiger partial charge is 0.270 e. The third-order valence-corrected chi connectivity index (χ3v) is 4.53. The molecule has 110 valence electrons. The molecule has 1 aromatic heterocycles. The zero-order valence-corrected chi connectivity index (χ0v) is 13.4. The van der Waals surface area contributed by atoms with Gasteiger partial charge in [0.1, 0.15) is 5.82 Å². The van der Waals surface area contributed by atoms with Crippen LogP contribution in [0, 0.1) is 5.82 Å². The molecule has 0 N–H and O–H groups in total. The minimum absolute atomic E-state index is 0.0530. The molecule has 0 spiro atoms. The van der Waals surface area contributed by atoms with E-state index in [1.54, 1.807) is 24.5 Å². The summed E-state index contributed by atoms with van der Waals surface area (Å²) in [6, 6.07) is 7.69. The predicted octanol–water partition coefficient (Wildman–Crippen LogP) is 4.28. The number of hydrogen-bond donors (Lipinski definition) is 0. The maximum absolute atomic E-state index is 13.3. The van der Waals surface area contributed by atoms with Crippen LogP contribution in [0.1, 0.15) is 5.56 Å². The van der Waals surface area contributed by atoms with Crippen LogP contribution in [0.4, 0.5) is 10.1 Å². The molecule has 2 heterocycles. The van der Waals surface area contributed by atoms with Crippen molar-refractivity contribution < 1.29 is 9.18 Å². The molecule has 0 bridgehead atoms. The minimum Gasteiger partial charge on any atom is -0.268 e. The lowest BCUT2D eigenvalue weighted by Crippen LogP contribution is -2.27. The van der Waals surface area contributed by atoms with E-state index in [4.69, 9.17) is 23.8 Å². The van der Waals surface area contributed by atoms with Crippen LogP contribution in [0.3, 0.4) is 0 Å². The van der Waals surface area contributed by atoms with E-state index in [0.29, 0.717) is 14.9 Å². The number of nitrogens with zero attached hydrogens (tertiary/aromatic N) is 2. The van der Waals surface area contributed by atoms with Crippen LogP contribution in [0.15, 0.2) is 47.6 Å². The number of carbonyl (C=O) groups excluding carboxylic acids is 1. The van der Waals surface area contributed by atoms with E-state index in [1.165, 1.54) is 34.9 Å². The normalized spacial score (nSPS) is 16.6. The average Bonchev–Trinajstić information content (AvgIpc) is 2.78. The zero-order valence-electron chi connectivity index (χ0n) is 11.0. The third-order valence-electron chi connectivity index (χ3n) is 2.94. The van der Waals surface area contributed by atoms with Gasteiger partial charge in [0, 0.05) is 12.4 Å². The number of halogens is 2. The Morgan fingerprint density at radius 1 is 1.36 bits per heavy atom. The van der Waals surface area contributed by atoms with Crippen molar-refractivity contribution in [3.8, 4) is 0 Å². The Balaban J connectivity index is 1.95. The summed E-state index contributed by atoms with van der Waals surface area (Å²) in [4.78, 5) is 18.3. The van der Waals surface area contributed by atoms with E-state index in [2.05, 4.69) is 4.98 Å². The Morgan fingerprint density at radius 2 is 2.18 bits per heavy atom. The maximum atomic E-state index is 13.3. The number of pyridine rings is 1. The Hall–Kier alpha value is -1.76. The molecule has 2 aromatic rings. The summed E-state index contributed by atoms with van der Waals surface area (Å²) in [5.41, 5.74) is 1.25. The summed E-state index contributed by atoms with van der Waals surface area (Å²) in [5, 5.41) is -0.0530. The van der Waals surface area contributed by atoms with Crippen molar-refractivity contribution in [1.82, 2.24) is 4.98 Å². The lowest BCUT2D eigenvalue weighted by Gasteiger charge is -2.14. The van der Waals surface area contributed by atoms with Gasteiger partial charge in [0.2, 0.25) is 0 Å². The molecule has 1 aromatic carbocycles. The molecule has 1 aliphatic heterocycles. The number of benzene rings is 1. The third kappa shape index (κ3) is 2.90. The van der Waals surface area contributed by atoms with Gasteiger partial charge in [0.25, 0.3) is 5.91 Å². The van der Waals surface area contributed by atoms with Crippen LogP contribution in [0.25, 0.3) is 6.08 Å². The quantitative estimate of drug-likeness (QED) is 0.598. The van der Waals surface area contributed by atoms with E-state index >= 15 is 0 Å². The predicted molar refractivity (Wildman–Crippen MR) is 91.3 cm³/mol. The Kier molecular flexibility index (Phi) is 4.24. The molecule has 0 saturated carbocycles. The van der Waals surface area contributed by atoms with Crippen molar-refractivity contribution in [2.45, 2.75) is 0 Å². The Labute approximate surface area is 140 Å². The number of thioether (sulfide) groups is 1. The first-order chi connectivity index (χ1) is 10.6. The maximum Gasteiger partial charge on any atom is 0.270 e. The molecular weight excluding hydrogens is 343 g/mol. The molecule has 1 aliphatic rings.